The molecule has 0 aliphatic rings. The Morgan fingerprint density at radius 1 is 0.929 bits per heavy atom. The molecule has 1 aromatic carbocycles. The van der Waals surface area contributed by atoms with E-state index >= 15 is 0 Å². The van der Waals surface area contributed by atoms with Gasteiger partial charge in [0.1, 0.15) is 23.8 Å². The van der Waals surface area contributed by atoms with Crippen molar-refractivity contribution >= 4 is 41.4 Å². The number of aromatic nitrogens is 3. The molecule has 142 valence electrons. The highest BCUT2D eigenvalue weighted by Gasteiger charge is 2.09. The van der Waals surface area contributed by atoms with E-state index in [1.54, 1.807) is 6.07 Å². The molecule has 0 bridgehead atoms. The average Bonchev–Trinajstić information content (AvgIpc) is 3.33. The summed E-state index contributed by atoms with van der Waals surface area (Å²) in [6.45, 7) is -0.105. The minimum Gasteiger partial charge on any atom is -0.459 e. The van der Waals surface area contributed by atoms with Gasteiger partial charge in [-0.25, -0.2) is 4.98 Å². The Morgan fingerprint density at radius 3 is 2.61 bits per heavy atom. The van der Waals surface area contributed by atoms with Crippen LogP contribution in [-0.4, -0.2) is 19.5 Å². The Bertz CT molecular complexity index is 1250. The third kappa shape index (κ3) is 3.47. The van der Waals surface area contributed by atoms with Crippen LogP contribution in [0, 0.1) is 0 Å². The Morgan fingerprint density at radius 2 is 1.79 bits per heavy atom. The van der Waals surface area contributed by atoms with Crippen molar-refractivity contribution in [2.24, 2.45) is 0 Å². The molecule has 7 heteroatoms. The van der Waals surface area contributed by atoms with Gasteiger partial charge in [0.15, 0.2) is 0 Å². The highest BCUT2D eigenvalue weighted by atomic mass is 35.5. The quantitative estimate of drug-likeness (QED) is 0.444. The number of pyridine rings is 2. The van der Waals surface area contributed by atoms with Crippen molar-refractivity contribution in [3.63, 3.8) is 0 Å². The van der Waals surface area contributed by atoms with E-state index in [1.807, 2.05) is 59.4 Å². The van der Waals surface area contributed by atoms with E-state index in [2.05, 4.69) is 17.1 Å². The monoisotopic (exact) mass is 413 g/mol. The second-order valence-electron chi connectivity index (χ2n) is 6.15. The molecule has 5 nitrogen and oxygen atoms in total. The molecule has 0 aliphatic carbocycles. The van der Waals surface area contributed by atoms with Gasteiger partial charge in [0.2, 0.25) is 0 Å². The van der Waals surface area contributed by atoms with Crippen LogP contribution in [0.1, 0.15) is 5.76 Å². The van der Waals surface area contributed by atoms with Gasteiger partial charge in [-0.2, -0.15) is 0 Å². The van der Waals surface area contributed by atoms with Gasteiger partial charge in [0, 0.05) is 35.1 Å². The lowest BCUT2D eigenvalue weighted by Crippen LogP contribution is -1.84. The molecule has 5 rings (SSSR count). The number of halogens is 2. The van der Waals surface area contributed by atoms with Gasteiger partial charge in [-0.3, -0.25) is 4.98 Å². The van der Waals surface area contributed by atoms with E-state index in [9.17, 15) is 0 Å². The van der Waals surface area contributed by atoms with Crippen molar-refractivity contribution in [1.82, 2.24) is 14.4 Å². The first-order valence-electron chi connectivity index (χ1n) is 8.34. The number of benzene rings is 1. The molecule has 5 aromatic rings. The number of hydrogen-bond acceptors (Lipinski definition) is 4. The van der Waals surface area contributed by atoms with Gasteiger partial charge in [-0.15, -0.1) is 24.8 Å². The number of aliphatic hydroxyl groups excluding tert-OH is 1. The molecule has 4 heterocycles. The predicted molar refractivity (Wildman–Crippen MR) is 114 cm³/mol. The number of hydrogen-bond donors (Lipinski definition) is 1. The zero-order valence-electron chi connectivity index (χ0n) is 14.6. The van der Waals surface area contributed by atoms with E-state index in [-0.39, 0.29) is 31.4 Å². The lowest BCUT2D eigenvalue weighted by molar-refractivity contribution is 0.248. The third-order valence-corrected chi connectivity index (χ3v) is 4.44. The van der Waals surface area contributed by atoms with Crippen LogP contribution in [0.3, 0.4) is 0 Å². The van der Waals surface area contributed by atoms with Gasteiger partial charge < -0.3 is 13.9 Å². The third-order valence-electron chi connectivity index (χ3n) is 4.44. The van der Waals surface area contributed by atoms with Crippen molar-refractivity contribution < 1.29 is 9.52 Å². The van der Waals surface area contributed by atoms with Gasteiger partial charge in [-0.1, -0.05) is 18.2 Å². The molecule has 28 heavy (non-hydrogen) atoms. The first-order chi connectivity index (χ1) is 12.8. The molecule has 0 saturated carbocycles. The number of nitrogens with zero attached hydrogens (tertiary/aromatic N) is 3. The summed E-state index contributed by atoms with van der Waals surface area (Å²) in [6, 6.07) is 17.7. The number of rotatable bonds is 3. The van der Waals surface area contributed by atoms with Crippen LogP contribution in [0.25, 0.3) is 39.1 Å². The number of furan rings is 1. The second kappa shape index (κ2) is 8.02. The van der Waals surface area contributed by atoms with Crippen LogP contribution >= 0.6 is 24.8 Å². The van der Waals surface area contributed by atoms with Crippen LogP contribution < -0.4 is 0 Å². The van der Waals surface area contributed by atoms with Gasteiger partial charge in [0.05, 0.1) is 11.2 Å². The lowest BCUT2D eigenvalue weighted by atomic mass is 10.1. The largest absolute Gasteiger partial charge is 0.459 e. The first-order valence-corrected chi connectivity index (χ1v) is 8.34. The van der Waals surface area contributed by atoms with Crippen molar-refractivity contribution in [2.75, 3.05) is 0 Å². The lowest BCUT2D eigenvalue weighted by Gasteiger charge is -1.99. The minimum absolute atomic E-state index is 0. The fourth-order valence-corrected chi connectivity index (χ4v) is 3.11. The topological polar surface area (TPSA) is 63.6 Å². The Hall–Kier alpha value is -2.86. The molecular formula is C21H17Cl2N3O2. The van der Waals surface area contributed by atoms with Crippen molar-refractivity contribution in [2.45, 2.75) is 6.61 Å². The summed E-state index contributed by atoms with van der Waals surface area (Å²) in [5.74, 6) is 1.27. The maximum absolute atomic E-state index is 9.16. The Balaban J connectivity index is 0.00000112. The maximum Gasteiger partial charge on any atom is 0.137 e. The smallest absolute Gasteiger partial charge is 0.137 e. The number of fused-ring (bicyclic) bond motifs is 2. The molecule has 0 radical (unpaired) electrons. The van der Waals surface area contributed by atoms with Crippen LogP contribution in [0.2, 0.25) is 0 Å². The van der Waals surface area contributed by atoms with E-state index in [0.717, 1.165) is 39.1 Å². The molecule has 0 unspecified atom stereocenters. The SMILES string of the molecule is Cl.Cl.OCc1ccc(-c2ccc3nc(-c4cnc5ccccc5c4)cn3c2)o1. The highest BCUT2D eigenvalue weighted by molar-refractivity contribution is 5.85. The van der Waals surface area contributed by atoms with Crippen molar-refractivity contribution in [3.8, 4) is 22.6 Å². The predicted octanol–water partition coefficient (Wildman–Crippen LogP) is 5.15. The number of imidazole rings is 1. The fraction of sp³-hybridized carbons (Fsp3) is 0.0476. The van der Waals surface area contributed by atoms with E-state index in [4.69, 9.17) is 14.5 Å². The Kier molecular flexibility index (Phi) is 5.70. The summed E-state index contributed by atoms with van der Waals surface area (Å²) in [6.07, 6.45) is 5.81. The van der Waals surface area contributed by atoms with Crippen LogP contribution in [0.5, 0.6) is 0 Å². The zero-order chi connectivity index (χ0) is 17.5. The molecule has 0 spiro atoms. The van der Waals surface area contributed by atoms with Crippen LogP contribution in [0.15, 0.2) is 77.6 Å². The summed E-state index contributed by atoms with van der Waals surface area (Å²) >= 11 is 0. The normalized spacial score (nSPS) is 10.6. The summed E-state index contributed by atoms with van der Waals surface area (Å²) in [5, 5.41) is 10.3. The molecule has 4 aromatic heterocycles. The number of para-hydroxylation sites is 1. The minimum atomic E-state index is -0.105. The van der Waals surface area contributed by atoms with Gasteiger partial charge in [0.25, 0.3) is 0 Å². The molecule has 0 fully saturated rings. The van der Waals surface area contributed by atoms with Crippen LogP contribution in [0.4, 0.5) is 0 Å². The summed E-state index contributed by atoms with van der Waals surface area (Å²) < 4.78 is 7.59. The van der Waals surface area contributed by atoms with Crippen LogP contribution in [-0.2, 0) is 6.61 Å². The van der Waals surface area contributed by atoms with E-state index < -0.39 is 0 Å². The zero-order valence-corrected chi connectivity index (χ0v) is 16.3. The molecule has 1 N–H and O–H groups in total. The number of aliphatic hydroxyl groups is 1. The first kappa shape index (κ1) is 19.9. The Labute approximate surface area is 173 Å². The standard InChI is InChI=1S/C21H15N3O2.2ClH/c25-13-17-6-7-20(26-17)15-5-8-21-23-19(12-24(21)11-15)16-9-14-3-1-2-4-18(14)22-10-16;;/h1-12,25H,13H2;2*1H. The highest BCUT2D eigenvalue weighted by Crippen LogP contribution is 2.26. The molecule has 0 amide bonds. The fourth-order valence-electron chi connectivity index (χ4n) is 3.11. The molecule has 0 saturated heterocycles. The van der Waals surface area contributed by atoms with Crippen molar-refractivity contribution in [1.29, 1.82) is 0 Å². The molecular weight excluding hydrogens is 397 g/mol. The summed E-state index contributed by atoms with van der Waals surface area (Å²) in [7, 11) is 0. The van der Waals surface area contributed by atoms with Crippen molar-refractivity contribution in [3.05, 3.63) is 78.9 Å². The van der Waals surface area contributed by atoms with Gasteiger partial charge in [-0.05, 0) is 36.4 Å². The van der Waals surface area contributed by atoms with E-state index in [1.165, 1.54) is 0 Å². The van der Waals surface area contributed by atoms with Gasteiger partial charge >= 0.3 is 0 Å². The van der Waals surface area contributed by atoms with E-state index in [0.29, 0.717) is 5.76 Å². The average molecular weight is 414 g/mol. The second-order valence-corrected chi connectivity index (χ2v) is 6.15. The molecule has 0 aliphatic heterocycles. The summed E-state index contributed by atoms with van der Waals surface area (Å²) in [5.41, 5.74) is 4.61. The maximum atomic E-state index is 9.16. The summed E-state index contributed by atoms with van der Waals surface area (Å²) in [4.78, 5) is 9.22. The molecule has 0 atom stereocenters.